The molecule has 0 radical (unpaired) electrons. The number of ether oxygens (including phenoxy) is 1. The Kier molecular flexibility index (Phi) is 4.23. The van der Waals surface area contributed by atoms with Crippen molar-refractivity contribution in [2.45, 2.75) is 13.5 Å². The minimum Gasteiger partial charge on any atom is -0.488 e. The molecule has 3 heteroatoms. The van der Waals surface area contributed by atoms with E-state index in [1.807, 2.05) is 18.2 Å². The Balaban J connectivity index is 2.23. The van der Waals surface area contributed by atoms with Crippen molar-refractivity contribution in [3.05, 3.63) is 71.0 Å². The van der Waals surface area contributed by atoms with Gasteiger partial charge in [-0.05, 0) is 30.7 Å². The highest BCUT2D eigenvalue weighted by Crippen LogP contribution is 2.28. The van der Waals surface area contributed by atoms with E-state index in [1.165, 1.54) is 6.07 Å². The van der Waals surface area contributed by atoms with Crippen LogP contribution in [0.5, 0.6) is 5.75 Å². The predicted octanol–water partition coefficient (Wildman–Crippen LogP) is 5.09. The van der Waals surface area contributed by atoms with Crippen LogP contribution in [0.25, 0.3) is 5.57 Å². The molecular weight excluding hydrogens is 263 g/mol. The Morgan fingerprint density at radius 2 is 1.95 bits per heavy atom. The Labute approximate surface area is 117 Å². The van der Waals surface area contributed by atoms with Crippen LogP contribution in [0.4, 0.5) is 4.39 Å². The maximum absolute atomic E-state index is 13.7. The molecule has 2 aromatic carbocycles. The van der Waals surface area contributed by atoms with E-state index in [9.17, 15) is 4.39 Å². The molecule has 0 aliphatic heterocycles. The van der Waals surface area contributed by atoms with Crippen LogP contribution in [0, 0.1) is 5.82 Å². The van der Waals surface area contributed by atoms with Gasteiger partial charge in [-0.15, -0.1) is 0 Å². The molecule has 0 unspecified atom stereocenters. The number of benzene rings is 2. The number of allylic oxidation sites excluding steroid dienone is 1. The van der Waals surface area contributed by atoms with Crippen LogP contribution < -0.4 is 4.74 Å². The lowest BCUT2D eigenvalue weighted by Crippen LogP contribution is -2.00. The van der Waals surface area contributed by atoms with Crippen LogP contribution in [0.1, 0.15) is 18.1 Å². The van der Waals surface area contributed by atoms with Gasteiger partial charge >= 0.3 is 0 Å². The lowest BCUT2D eigenvalue weighted by molar-refractivity contribution is 0.303. The Morgan fingerprint density at radius 3 is 2.63 bits per heavy atom. The topological polar surface area (TPSA) is 9.23 Å². The highest BCUT2D eigenvalue weighted by Gasteiger charge is 2.10. The van der Waals surface area contributed by atoms with E-state index < -0.39 is 0 Å². The van der Waals surface area contributed by atoms with Crippen LogP contribution in [-0.2, 0) is 6.61 Å². The summed E-state index contributed by atoms with van der Waals surface area (Å²) in [7, 11) is 0. The van der Waals surface area contributed by atoms with Crippen LogP contribution >= 0.6 is 11.6 Å². The summed E-state index contributed by atoms with van der Waals surface area (Å²) in [6, 6.07) is 12.1. The normalized spacial score (nSPS) is 10.3. The van der Waals surface area contributed by atoms with Gasteiger partial charge in [-0.2, -0.15) is 0 Å². The lowest BCUT2D eigenvalue weighted by Gasteiger charge is -2.12. The van der Waals surface area contributed by atoms with Crippen LogP contribution in [0.3, 0.4) is 0 Å². The molecule has 0 N–H and O–H groups in total. The molecular formula is C16H14ClFO. The maximum Gasteiger partial charge on any atom is 0.134 e. The lowest BCUT2D eigenvalue weighted by atomic mass is 10.1. The second-order valence-corrected chi connectivity index (χ2v) is 4.68. The highest BCUT2D eigenvalue weighted by molar-refractivity contribution is 6.31. The zero-order valence-corrected chi connectivity index (χ0v) is 11.4. The molecule has 1 nitrogen and oxygen atoms in total. The van der Waals surface area contributed by atoms with Gasteiger partial charge in [0.05, 0.1) is 5.56 Å². The first-order chi connectivity index (χ1) is 9.09. The van der Waals surface area contributed by atoms with Crippen molar-refractivity contribution < 1.29 is 9.13 Å². The first-order valence-electron chi connectivity index (χ1n) is 5.90. The Bertz CT molecular complexity index is 607. The number of halogens is 2. The molecule has 0 aromatic heterocycles. The smallest absolute Gasteiger partial charge is 0.134 e. The SMILES string of the molecule is C=C(C)c1c(F)cccc1OCc1ccccc1Cl. The van der Waals surface area contributed by atoms with E-state index in [1.54, 1.807) is 25.1 Å². The molecule has 0 aliphatic carbocycles. The summed E-state index contributed by atoms with van der Waals surface area (Å²) in [6.45, 7) is 5.82. The van der Waals surface area contributed by atoms with E-state index >= 15 is 0 Å². The van der Waals surface area contributed by atoms with Crippen molar-refractivity contribution in [3.8, 4) is 5.75 Å². The van der Waals surface area contributed by atoms with Crippen molar-refractivity contribution in [1.29, 1.82) is 0 Å². The summed E-state index contributed by atoms with van der Waals surface area (Å²) in [4.78, 5) is 0. The maximum atomic E-state index is 13.7. The third-order valence-electron chi connectivity index (χ3n) is 2.74. The van der Waals surface area contributed by atoms with Gasteiger partial charge in [0.25, 0.3) is 0 Å². The summed E-state index contributed by atoms with van der Waals surface area (Å²) in [5.74, 6) is 0.150. The Morgan fingerprint density at radius 1 is 1.21 bits per heavy atom. The van der Waals surface area contributed by atoms with Gasteiger partial charge in [0.15, 0.2) is 0 Å². The van der Waals surface area contributed by atoms with Crippen molar-refractivity contribution in [1.82, 2.24) is 0 Å². The molecule has 0 amide bonds. The van der Waals surface area contributed by atoms with Gasteiger partial charge in [0.2, 0.25) is 0 Å². The van der Waals surface area contributed by atoms with E-state index in [0.29, 0.717) is 28.5 Å². The van der Waals surface area contributed by atoms with Gasteiger partial charge in [-0.1, -0.05) is 42.4 Å². The minimum absolute atomic E-state index is 0.295. The molecule has 0 atom stereocenters. The molecule has 0 spiro atoms. The van der Waals surface area contributed by atoms with Crippen molar-refractivity contribution in [2.75, 3.05) is 0 Å². The molecule has 2 rings (SSSR count). The second-order valence-electron chi connectivity index (χ2n) is 4.27. The van der Waals surface area contributed by atoms with Crippen LogP contribution in [0.15, 0.2) is 49.0 Å². The first kappa shape index (κ1) is 13.6. The molecule has 0 bridgehead atoms. The number of hydrogen-bond acceptors (Lipinski definition) is 1. The quantitative estimate of drug-likeness (QED) is 0.756. The summed E-state index contributed by atoms with van der Waals surface area (Å²) in [6.07, 6.45) is 0. The fraction of sp³-hybridized carbons (Fsp3) is 0.125. The van der Waals surface area contributed by atoms with Crippen LogP contribution in [-0.4, -0.2) is 0 Å². The summed E-state index contributed by atoms with van der Waals surface area (Å²) < 4.78 is 19.4. The largest absolute Gasteiger partial charge is 0.488 e. The summed E-state index contributed by atoms with van der Waals surface area (Å²) >= 11 is 6.05. The summed E-state index contributed by atoms with van der Waals surface area (Å²) in [5.41, 5.74) is 1.91. The molecule has 0 aliphatic rings. The third-order valence-corrected chi connectivity index (χ3v) is 3.11. The average molecular weight is 277 g/mol. The fourth-order valence-electron chi connectivity index (χ4n) is 1.81. The van der Waals surface area contributed by atoms with E-state index in [0.717, 1.165) is 5.56 Å². The van der Waals surface area contributed by atoms with Gasteiger partial charge in [0, 0.05) is 10.6 Å². The fourth-order valence-corrected chi connectivity index (χ4v) is 2.00. The minimum atomic E-state index is -0.329. The third kappa shape index (κ3) is 3.15. The zero-order chi connectivity index (χ0) is 13.8. The number of rotatable bonds is 4. The molecule has 2 aromatic rings. The summed E-state index contributed by atoms with van der Waals surface area (Å²) in [5, 5.41) is 0.635. The standard InChI is InChI=1S/C16H14ClFO/c1-11(2)16-14(18)8-5-9-15(16)19-10-12-6-3-4-7-13(12)17/h3-9H,1,10H2,2H3. The Hall–Kier alpha value is -1.80. The molecule has 0 saturated carbocycles. The van der Waals surface area contributed by atoms with Gasteiger partial charge < -0.3 is 4.74 Å². The van der Waals surface area contributed by atoms with Crippen LogP contribution in [0.2, 0.25) is 5.02 Å². The zero-order valence-electron chi connectivity index (χ0n) is 10.6. The average Bonchev–Trinajstić information content (AvgIpc) is 2.37. The first-order valence-corrected chi connectivity index (χ1v) is 6.28. The van der Waals surface area contributed by atoms with Crippen molar-refractivity contribution in [2.24, 2.45) is 0 Å². The van der Waals surface area contributed by atoms with Gasteiger partial charge in [0.1, 0.15) is 18.2 Å². The van der Waals surface area contributed by atoms with Gasteiger partial charge in [-0.3, -0.25) is 0 Å². The molecule has 0 fully saturated rings. The number of hydrogen-bond donors (Lipinski definition) is 0. The predicted molar refractivity (Wildman–Crippen MR) is 76.9 cm³/mol. The van der Waals surface area contributed by atoms with Crippen molar-refractivity contribution in [3.63, 3.8) is 0 Å². The van der Waals surface area contributed by atoms with E-state index in [-0.39, 0.29) is 5.82 Å². The van der Waals surface area contributed by atoms with Crippen molar-refractivity contribution >= 4 is 17.2 Å². The molecule has 0 saturated heterocycles. The van der Waals surface area contributed by atoms with E-state index in [2.05, 4.69) is 6.58 Å². The highest BCUT2D eigenvalue weighted by atomic mass is 35.5. The molecule has 19 heavy (non-hydrogen) atoms. The van der Waals surface area contributed by atoms with Gasteiger partial charge in [-0.25, -0.2) is 4.39 Å². The monoisotopic (exact) mass is 276 g/mol. The van der Waals surface area contributed by atoms with E-state index in [4.69, 9.17) is 16.3 Å². The second kappa shape index (κ2) is 5.89. The molecule has 98 valence electrons. The molecule has 0 heterocycles.